The molecule has 0 aliphatic carbocycles. The van der Waals surface area contributed by atoms with Crippen molar-refractivity contribution < 1.29 is 19.4 Å². The standard InChI is InChI=1S/C29H27NO4S/c1-3-20-14-16-23(17-15-20)30-28-26(29(32)33-4-2)27(31)25(35-28)18-22-12-8-9-13-24(22)34-19-21-10-6-5-7-11-21/h5-18,31H,3-4,19H2,1-2H3/b25-18+,30-28?. The Hall–Kier alpha value is -3.77. The van der Waals surface area contributed by atoms with Crippen LogP contribution in [-0.4, -0.2) is 22.7 Å². The van der Waals surface area contributed by atoms with Crippen LogP contribution in [0.15, 0.2) is 100 Å². The third kappa shape index (κ3) is 6.03. The molecule has 0 spiro atoms. The lowest BCUT2D eigenvalue weighted by Gasteiger charge is -2.10. The molecule has 1 aliphatic heterocycles. The Balaban J connectivity index is 1.66. The molecule has 4 rings (SSSR count). The predicted octanol–water partition coefficient (Wildman–Crippen LogP) is 7.02. The first-order valence-corrected chi connectivity index (χ1v) is 12.3. The van der Waals surface area contributed by atoms with E-state index in [1.807, 2.05) is 84.9 Å². The molecule has 0 saturated carbocycles. The SMILES string of the molecule is CCOC(=O)C1=C(O)/C(=C\c2ccccc2OCc2ccccc2)SC1=Nc1ccc(CC)cc1. The van der Waals surface area contributed by atoms with Crippen LogP contribution < -0.4 is 4.74 Å². The number of benzene rings is 3. The molecule has 0 atom stereocenters. The summed E-state index contributed by atoms with van der Waals surface area (Å²) in [6.45, 7) is 4.44. The maximum atomic E-state index is 12.7. The summed E-state index contributed by atoms with van der Waals surface area (Å²) in [7, 11) is 0. The van der Waals surface area contributed by atoms with E-state index in [4.69, 9.17) is 9.47 Å². The van der Waals surface area contributed by atoms with Crippen LogP contribution in [0, 0.1) is 0 Å². The lowest BCUT2D eigenvalue weighted by molar-refractivity contribution is -0.138. The van der Waals surface area contributed by atoms with E-state index >= 15 is 0 Å². The van der Waals surface area contributed by atoms with Gasteiger partial charge in [-0.25, -0.2) is 9.79 Å². The van der Waals surface area contributed by atoms with Crippen molar-refractivity contribution in [1.29, 1.82) is 0 Å². The summed E-state index contributed by atoms with van der Waals surface area (Å²) in [5.74, 6) is -0.0656. The van der Waals surface area contributed by atoms with Crippen molar-refractivity contribution in [3.05, 3.63) is 112 Å². The number of nitrogens with zero attached hydrogens (tertiary/aromatic N) is 1. The van der Waals surface area contributed by atoms with Gasteiger partial charge >= 0.3 is 5.97 Å². The van der Waals surface area contributed by atoms with Crippen molar-refractivity contribution in [2.45, 2.75) is 26.9 Å². The van der Waals surface area contributed by atoms with E-state index in [2.05, 4.69) is 11.9 Å². The van der Waals surface area contributed by atoms with Crippen LogP contribution in [0.25, 0.3) is 6.08 Å². The second-order valence-electron chi connectivity index (χ2n) is 7.80. The number of thioether (sulfide) groups is 1. The van der Waals surface area contributed by atoms with Crippen LogP contribution in [0.3, 0.4) is 0 Å². The smallest absolute Gasteiger partial charge is 0.344 e. The van der Waals surface area contributed by atoms with Gasteiger partial charge in [0.05, 0.1) is 17.2 Å². The molecule has 3 aromatic rings. The molecular formula is C29H27NO4S. The average Bonchev–Trinajstić information content (AvgIpc) is 3.19. The first-order chi connectivity index (χ1) is 17.1. The molecule has 0 amide bonds. The van der Waals surface area contributed by atoms with Gasteiger partial charge in [0.1, 0.15) is 28.7 Å². The molecule has 0 fully saturated rings. The minimum atomic E-state index is -0.599. The van der Waals surface area contributed by atoms with E-state index < -0.39 is 5.97 Å². The fourth-order valence-corrected chi connectivity index (χ4v) is 4.55. The average molecular weight is 486 g/mol. The second-order valence-corrected chi connectivity index (χ2v) is 8.83. The monoisotopic (exact) mass is 485 g/mol. The number of hydrogen-bond donors (Lipinski definition) is 1. The number of carbonyl (C=O) groups is 1. The summed E-state index contributed by atoms with van der Waals surface area (Å²) in [6.07, 6.45) is 2.74. The zero-order valence-corrected chi connectivity index (χ0v) is 20.5. The molecule has 1 N–H and O–H groups in total. The predicted molar refractivity (Wildman–Crippen MR) is 142 cm³/mol. The van der Waals surface area contributed by atoms with Gasteiger partial charge in [0.15, 0.2) is 0 Å². The molecule has 178 valence electrons. The Labute approximate surface area is 209 Å². The molecular weight excluding hydrogens is 458 g/mol. The van der Waals surface area contributed by atoms with Gasteiger partial charge in [0, 0.05) is 5.56 Å². The van der Waals surface area contributed by atoms with Crippen molar-refractivity contribution in [2.75, 3.05) is 6.61 Å². The number of aryl methyl sites for hydroxylation is 1. The van der Waals surface area contributed by atoms with Gasteiger partial charge in [-0.05, 0) is 48.7 Å². The first-order valence-electron chi connectivity index (χ1n) is 11.5. The van der Waals surface area contributed by atoms with E-state index in [-0.39, 0.29) is 17.9 Å². The lowest BCUT2D eigenvalue weighted by Crippen LogP contribution is -2.12. The number of esters is 1. The number of rotatable bonds is 8. The van der Waals surface area contributed by atoms with Crippen LogP contribution in [0.1, 0.15) is 30.5 Å². The number of aliphatic imine (C=N–C) groups is 1. The Bertz CT molecular complexity index is 1280. The number of aliphatic hydroxyl groups is 1. The highest BCUT2D eigenvalue weighted by molar-refractivity contribution is 8.18. The van der Waals surface area contributed by atoms with Crippen LogP contribution in [0.2, 0.25) is 0 Å². The maximum Gasteiger partial charge on any atom is 0.344 e. The minimum Gasteiger partial charge on any atom is -0.506 e. The molecule has 6 heteroatoms. The normalized spacial score (nSPS) is 15.6. The fraction of sp³-hybridized carbons (Fsp3) is 0.172. The van der Waals surface area contributed by atoms with Crippen LogP contribution >= 0.6 is 11.8 Å². The summed E-state index contributed by atoms with van der Waals surface area (Å²) < 4.78 is 11.3. The number of ether oxygens (including phenoxy) is 2. The Morgan fingerprint density at radius 1 is 0.943 bits per heavy atom. The molecule has 1 aliphatic rings. The number of para-hydroxylation sites is 1. The Morgan fingerprint density at radius 2 is 1.66 bits per heavy atom. The third-order valence-corrected chi connectivity index (χ3v) is 6.41. The molecule has 35 heavy (non-hydrogen) atoms. The van der Waals surface area contributed by atoms with Crippen molar-refractivity contribution in [3.63, 3.8) is 0 Å². The van der Waals surface area contributed by atoms with Crippen molar-refractivity contribution in [1.82, 2.24) is 0 Å². The largest absolute Gasteiger partial charge is 0.506 e. The van der Waals surface area contributed by atoms with Crippen molar-refractivity contribution >= 4 is 34.5 Å². The van der Waals surface area contributed by atoms with Gasteiger partial charge in [0.25, 0.3) is 0 Å². The summed E-state index contributed by atoms with van der Waals surface area (Å²) in [6, 6.07) is 25.3. The number of aliphatic hydroxyl groups excluding tert-OH is 1. The Kier molecular flexibility index (Phi) is 8.06. The number of carbonyl (C=O) groups excluding carboxylic acids is 1. The highest BCUT2D eigenvalue weighted by Crippen LogP contribution is 2.41. The van der Waals surface area contributed by atoms with Gasteiger partial charge < -0.3 is 14.6 Å². The second kappa shape index (κ2) is 11.6. The van der Waals surface area contributed by atoms with Gasteiger partial charge in [-0.3, -0.25) is 0 Å². The lowest BCUT2D eigenvalue weighted by atomic mass is 10.1. The summed E-state index contributed by atoms with van der Waals surface area (Å²) in [5, 5.41) is 11.4. The molecule has 5 nitrogen and oxygen atoms in total. The van der Waals surface area contributed by atoms with E-state index in [1.54, 1.807) is 6.92 Å². The maximum absolute atomic E-state index is 12.7. The van der Waals surface area contributed by atoms with E-state index in [9.17, 15) is 9.90 Å². The third-order valence-electron chi connectivity index (χ3n) is 5.39. The zero-order valence-electron chi connectivity index (χ0n) is 19.7. The summed E-state index contributed by atoms with van der Waals surface area (Å²) in [4.78, 5) is 17.8. The van der Waals surface area contributed by atoms with Crippen LogP contribution in [0.4, 0.5) is 5.69 Å². The van der Waals surface area contributed by atoms with Crippen molar-refractivity contribution in [3.8, 4) is 5.75 Å². The van der Waals surface area contributed by atoms with Gasteiger partial charge in [-0.15, -0.1) is 0 Å². The van der Waals surface area contributed by atoms with Gasteiger partial charge in [0.2, 0.25) is 0 Å². The number of hydrogen-bond acceptors (Lipinski definition) is 6. The molecule has 3 aromatic carbocycles. The molecule has 0 saturated heterocycles. The van der Waals surface area contributed by atoms with Gasteiger partial charge in [-0.1, -0.05) is 79.3 Å². The van der Waals surface area contributed by atoms with Crippen LogP contribution in [0.5, 0.6) is 5.75 Å². The highest BCUT2D eigenvalue weighted by atomic mass is 32.2. The van der Waals surface area contributed by atoms with Gasteiger partial charge in [-0.2, -0.15) is 0 Å². The van der Waals surface area contributed by atoms with Crippen LogP contribution in [-0.2, 0) is 22.6 Å². The summed E-state index contributed by atoms with van der Waals surface area (Å²) in [5.41, 5.74) is 3.82. The first kappa shape index (κ1) is 24.4. The van der Waals surface area contributed by atoms with Crippen molar-refractivity contribution in [2.24, 2.45) is 4.99 Å². The minimum absolute atomic E-state index is 0.0744. The summed E-state index contributed by atoms with van der Waals surface area (Å²) >= 11 is 1.23. The quantitative estimate of drug-likeness (QED) is 0.347. The topological polar surface area (TPSA) is 68.1 Å². The highest BCUT2D eigenvalue weighted by Gasteiger charge is 2.33. The van der Waals surface area contributed by atoms with E-state index in [1.165, 1.54) is 17.3 Å². The van der Waals surface area contributed by atoms with E-state index in [0.717, 1.165) is 17.5 Å². The molecule has 0 aromatic heterocycles. The Morgan fingerprint density at radius 3 is 2.37 bits per heavy atom. The molecule has 0 radical (unpaired) electrons. The molecule has 1 heterocycles. The van der Waals surface area contributed by atoms with E-state index in [0.29, 0.717) is 28.0 Å². The fourth-order valence-electron chi connectivity index (χ4n) is 3.52. The zero-order chi connectivity index (χ0) is 24.6. The molecule has 0 unspecified atom stereocenters. The molecule has 0 bridgehead atoms.